The maximum absolute atomic E-state index is 10.5. The van der Waals surface area contributed by atoms with Crippen LogP contribution in [-0.2, 0) is 4.79 Å². The fourth-order valence-electron chi connectivity index (χ4n) is 2.03. The zero-order valence-electron chi connectivity index (χ0n) is 11.5. The molecular weight excluding hydrogens is 226 g/mol. The summed E-state index contributed by atoms with van der Waals surface area (Å²) >= 11 is 0. The van der Waals surface area contributed by atoms with Crippen molar-refractivity contribution in [3.63, 3.8) is 0 Å². The molecular formula is C15H21NO2. The van der Waals surface area contributed by atoms with E-state index in [1.54, 1.807) is 6.08 Å². The first kappa shape index (κ1) is 14.3. The topological polar surface area (TPSA) is 40.5 Å². The molecule has 1 aromatic carbocycles. The summed E-state index contributed by atoms with van der Waals surface area (Å²) < 4.78 is 0. The first-order chi connectivity index (χ1) is 8.45. The molecule has 0 radical (unpaired) electrons. The maximum atomic E-state index is 10.5. The van der Waals surface area contributed by atoms with Gasteiger partial charge in [-0.25, -0.2) is 4.79 Å². The van der Waals surface area contributed by atoms with Gasteiger partial charge in [0.25, 0.3) is 0 Å². The highest BCUT2D eigenvalue weighted by Crippen LogP contribution is 2.21. The van der Waals surface area contributed by atoms with Gasteiger partial charge >= 0.3 is 5.97 Å². The number of nitrogens with zero attached hydrogens (tertiary/aromatic N) is 1. The zero-order chi connectivity index (χ0) is 13.7. The standard InChI is InChI=1S/C15H21NO2/c1-5-16(11(2)3)14-8-6-13(12(4)10-14)7-9-15(17)18/h6-11H,5H2,1-4H3,(H,17,18). The largest absolute Gasteiger partial charge is 0.478 e. The summed E-state index contributed by atoms with van der Waals surface area (Å²) in [6.45, 7) is 9.42. The lowest BCUT2D eigenvalue weighted by atomic mass is 10.1. The molecule has 0 amide bonds. The first-order valence-electron chi connectivity index (χ1n) is 6.24. The number of carbonyl (C=O) groups is 1. The quantitative estimate of drug-likeness (QED) is 0.811. The maximum Gasteiger partial charge on any atom is 0.328 e. The number of aliphatic carboxylic acids is 1. The first-order valence-corrected chi connectivity index (χ1v) is 6.24. The van der Waals surface area contributed by atoms with Crippen molar-refractivity contribution in [2.75, 3.05) is 11.4 Å². The third-order valence-corrected chi connectivity index (χ3v) is 2.95. The van der Waals surface area contributed by atoms with Gasteiger partial charge in [0.05, 0.1) is 0 Å². The Kier molecular flexibility index (Phi) is 4.95. The highest BCUT2D eigenvalue weighted by atomic mass is 16.4. The van der Waals surface area contributed by atoms with Crippen molar-refractivity contribution in [3.8, 4) is 0 Å². The fourth-order valence-corrected chi connectivity index (χ4v) is 2.03. The van der Waals surface area contributed by atoms with Gasteiger partial charge in [0, 0.05) is 24.4 Å². The minimum atomic E-state index is -0.921. The highest BCUT2D eigenvalue weighted by molar-refractivity contribution is 5.85. The van der Waals surface area contributed by atoms with Crippen molar-refractivity contribution in [1.29, 1.82) is 0 Å². The molecule has 3 heteroatoms. The Balaban J connectivity index is 3.01. The van der Waals surface area contributed by atoms with E-state index >= 15 is 0 Å². The number of aryl methyl sites for hydroxylation is 1. The van der Waals surface area contributed by atoms with E-state index < -0.39 is 5.97 Å². The molecule has 0 aromatic heterocycles. The molecule has 3 nitrogen and oxygen atoms in total. The summed E-state index contributed by atoms with van der Waals surface area (Å²) in [5.41, 5.74) is 3.21. The molecule has 0 aliphatic carbocycles. The lowest BCUT2D eigenvalue weighted by Gasteiger charge is -2.28. The minimum Gasteiger partial charge on any atom is -0.478 e. The normalized spacial score (nSPS) is 11.2. The SMILES string of the molecule is CCN(c1ccc(C=CC(=O)O)c(C)c1)C(C)C. The summed E-state index contributed by atoms with van der Waals surface area (Å²) in [4.78, 5) is 12.8. The Morgan fingerprint density at radius 2 is 2.11 bits per heavy atom. The molecule has 98 valence electrons. The Morgan fingerprint density at radius 1 is 1.44 bits per heavy atom. The van der Waals surface area contributed by atoms with Gasteiger partial charge in [-0.15, -0.1) is 0 Å². The molecule has 18 heavy (non-hydrogen) atoms. The van der Waals surface area contributed by atoms with Gasteiger partial charge in [0.2, 0.25) is 0 Å². The van der Waals surface area contributed by atoms with E-state index in [1.165, 1.54) is 11.8 Å². The fraction of sp³-hybridized carbons (Fsp3) is 0.400. The number of hydrogen-bond donors (Lipinski definition) is 1. The van der Waals surface area contributed by atoms with E-state index in [9.17, 15) is 4.79 Å². The highest BCUT2D eigenvalue weighted by Gasteiger charge is 2.08. The molecule has 0 aliphatic rings. The van der Waals surface area contributed by atoms with Crippen LogP contribution in [0.3, 0.4) is 0 Å². The Morgan fingerprint density at radius 3 is 2.56 bits per heavy atom. The molecule has 0 atom stereocenters. The van der Waals surface area contributed by atoms with Crippen LogP contribution in [0.1, 0.15) is 31.9 Å². The lowest BCUT2D eigenvalue weighted by molar-refractivity contribution is -0.131. The summed E-state index contributed by atoms with van der Waals surface area (Å²) in [6, 6.07) is 6.56. The molecule has 0 saturated heterocycles. The lowest BCUT2D eigenvalue weighted by Crippen LogP contribution is -2.30. The number of rotatable bonds is 5. The smallest absolute Gasteiger partial charge is 0.328 e. The van der Waals surface area contributed by atoms with Crippen molar-refractivity contribution in [2.24, 2.45) is 0 Å². The Labute approximate surface area is 109 Å². The van der Waals surface area contributed by atoms with E-state index in [2.05, 4.69) is 31.7 Å². The second-order valence-corrected chi connectivity index (χ2v) is 4.59. The van der Waals surface area contributed by atoms with Crippen molar-refractivity contribution >= 4 is 17.7 Å². The number of benzene rings is 1. The molecule has 1 N–H and O–H groups in total. The van der Waals surface area contributed by atoms with Gasteiger partial charge in [-0.05, 0) is 57.0 Å². The van der Waals surface area contributed by atoms with Crippen LogP contribution in [0, 0.1) is 6.92 Å². The van der Waals surface area contributed by atoms with Crippen LogP contribution >= 0.6 is 0 Å². The van der Waals surface area contributed by atoms with Gasteiger partial charge in [0.15, 0.2) is 0 Å². The van der Waals surface area contributed by atoms with Gasteiger partial charge in [-0.3, -0.25) is 0 Å². The van der Waals surface area contributed by atoms with Crippen LogP contribution in [0.4, 0.5) is 5.69 Å². The molecule has 1 aromatic rings. The van der Waals surface area contributed by atoms with Gasteiger partial charge in [-0.1, -0.05) is 6.07 Å². The Bertz CT molecular complexity index is 450. The number of carboxylic acids is 1. The van der Waals surface area contributed by atoms with Crippen LogP contribution in [0.25, 0.3) is 6.08 Å². The van der Waals surface area contributed by atoms with Gasteiger partial charge < -0.3 is 10.0 Å². The second-order valence-electron chi connectivity index (χ2n) is 4.59. The molecule has 0 bridgehead atoms. The van der Waals surface area contributed by atoms with Crippen LogP contribution in [-0.4, -0.2) is 23.7 Å². The van der Waals surface area contributed by atoms with E-state index in [-0.39, 0.29) is 0 Å². The van der Waals surface area contributed by atoms with Crippen molar-refractivity contribution < 1.29 is 9.90 Å². The molecule has 0 saturated carbocycles. The van der Waals surface area contributed by atoms with Gasteiger partial charge in [-0.2, -0.15) is 0 Å². The van der Waals surface area contributed by atoms with Crippen LogP contribution in [0.2, 0.25) is 0 Å². The Hall–Kier alpha value is -1.77. The van der Waals surface area contributed by atoms with Crippen LogP contribution < -0.4 is 4.90 Å². The van der Waals surface area contributed by atoms with Crippen molar-refractivity contribution in [1.82, 2.24) is 0 Å². The predicted octanol–water partition coefficient (Wildman–Crippen LogP) is 3.33. The summed E-state index contributed by atoms with van der Waals surface area (Å²) in [7, 11) is 0. The molecule has 0 aliphatic heterocycles. The molecule has 0 spiro atoms. The monoisotopic (exact) mass is 247 g/mol. The zero-order valence-corrected chi connectivity index (χ0v) is 11.5. The van der Waals surface area contributed by atoms with Gasteiger partial charge in [0.1, 0.15) is 0 Å². The number of anilines is 1. The summed E-state index contributed by atoms with van der Waals surface area (Å²) in [5, 5.41) is 8.62. The van der Waals surface area contributed by atoms with Crippen LogP contribution in [0.5, 0.6) is 0 Å². The number of carboxylic acid groups (broad SMARTS) is 1. The third kappa shape index (κ3) is 3.62. The predicted molar refractivity (Wildman–Crippen MR) is 76.0 cm³/mol. The average molecular weight is 247 g/mol. The van der Waals surface area contributed by atoms with E-state index in [0.717, 1.165) is 17.7 Å². The second kappa shape index (κ2) is 6.24. The van der Waals surface area contributed by atoms with Crippen LogP contribution in [0.15, 0.2) is 24.3 Å². The molecule has 1 rings (SSSR count). The van der Waals surface area contributed by atoms with E-state index in [1.807, 2.05) is 19.1 Å². The summed E-state index contributed by atoms with van der Waals surface area (Å²) in [6.07, 6.45) is 2.80. The van der Waals surface area contributed by atoms with E-state index in [0.29, 0.717) is 6.04 Å². The van der Waals surface area contributed by atoms with E-state index in [4.69, 9.17) is 5.11 Å². The molecule has 0 heterocycles. The van der Waals surface area contributed by atoms with Crippen molar-refractivity contribution in [2.45, 2.75) is 33.7 Å². The molecule has 0 fully saturated rings. The summed E-state index contributed by atoms with van der Waals surface area (Å²) in [5.74, 6) is -0.921. The molecule has 0 unspecified atom stereocenters. The number of hydrogen-bond acceptors (Lipinski definition) is 2. The average Bonchev–Trinajstić information content (AvgIpc) is 2.28. The van der Waals surface area contributed by atoms with Crippen molar-refractivity contribution in [3.05, 3.63) is 35.4 Å². The minimum absolute atomic E-state index is 0.454. The third-order valence-electron chi connectivity index (χ3n) is 2.95.